The summed E-state index contributed by atoms with van der Waals surface area (Å²) in [4.78, 5) is 0. The van der Waals surface area contributed by atoms with E-state index in [4.69, 9.17) is 10.5 Å². The minimum absolute atomic E-state index is 0.396. The van der Waals surface area contributed by atoms with E-state index >= 15 is 0 Å². The molecule has 0 saturated carbocycles. The van der Waals surface area contributed by atoms with Crippen LogP contribution in [0.1, 0.15) is 11.3 Å². The largest absolute Gasteiger partial charge is 0.441 e. The van der Waals surface area contributed by atoms with Crippen LogP contribution >= 0.6 is 0 Å². The van der Waals surface area contributed by atoms with Gasteiger partial charge in [-0.15, -0.1) is 0 Å². The van der Waals surface area contributed by atoms with Gasteiger partial charge in [-0.1, -0.05) is 18.2 Å². The number of nitrogens with two attached hydrogens (primary N) is 1. The van der Waals surface area contributed by atoms with E-state index in [-0.39, 0.29) is 0 Å². The zero-order valence-electron chi connectivity index (χ0n) is 8.47. The predicted octanol–water partition coefficient (Wildman–Crippen LogP) is 1.07. The van der Waals surface area contributed by atoms with Crippen LogP contribution in [0.4, 0.5) is 0 Å². The summed E-state index contributed by atoms with van der Waals surface area (Å²) in [6, 6.07) is 7.82. The molecule has 0 atom stereocenters. The number of aromatic amines is 1. The van der Waals surface area contributed by atoms with E-state index in [1.165, 1.54) is 0 Å². The lowest BCUT2D eigenvalue weighted by Crippen LogP contribution is -2.16. The molecule has 1 aliphatic heterocycles. The maximum atomic E-state index is 5.86. The molecule has 1 aromatic heterocycles. The third-order valence-corrected chi connectivity index (χ3v) is 2.58. The van der Waals surface area contributed by atoms with Crippen molar-refractivity contribution >= 4 is 5.57 Å². The van der Waals surface area contributed by atoms with E-state index in [1.54, 1.807) is 6.20 Å². The first-order chi connectivity index (χ1) is 7.84. The molecular formula is C11H10N4O. The van der Waals surface area contributed by atoms with Crippen molar-refractivity contribution in [3.8, 4) is 5.75 Å². The molecule has 16 heavy (non-hydrogen) atoms. The van der Waals surface area contributed by atoms with Crippen molar-refractivity contribution in [2.45, 2.75) is 6.42 Å². The topological polar surface area (TPSA) is 76.8 Å². The van der Waals surface area contributed by atoms with Gasteiger partial charge in [-0.05, 0) is 11.6 Å². The Morgan fingerprint density at radius 3 is 3.00 bits per heavy atom. The van der Waals surface area contributed by atoms with E-state index in [9.17, 15) is 0 Å². The van der Waals surface area contributed by atoms with E-state index < -0.39 is 0 Å². The molecule has 1 aromatic carbocycles. The third-order valence-electron chi connectivity index (χ3n) is 2.58. The zero-order chi connectivity index (χ0) is 11.0. The van der Waals surface area contributed by atoms with Gasteiger partial charge in [0.25, 0.3) is 0 Å². The SMILES string of the molecule is NC1=C(c2cn[nH]n2)Cc2ccccc2O1. The van der Waals surface area contributed by atoms with Gasteiger partial charge in [0.2, 0.25) is 0 Å². The normalized spacial score (nSPS) is 14.5. The molecule has 0 unspecified atom stereocenters. The van der Waals surface area contributed by atoms with Gasteiger partial charge in [0.1, 0.15) is 11.4 Å². The third kappa shape index (κ3) is 1.33. The first kappa shape index (κ1) is 8.96. The number of hydrogen-bond acceptors (Lipinski definition) is 4. The maximum absolute atomic E-state index is 5.86. The molecule has 0 fully saturated rings. The Bertz CT molecular complexity index is 545. The first-order valence-electron chi connectivity index (χ1n) is 4.95. The van der Waals surface area contributed by atoms with Gasteiger partial charge in [-0.3, -0.25) is 0 Å². The fraction of sp³-hybridized carbons (Fsp3) is 0.0909. The summed E-state index contributed by atoms with van der Waals surface area (Å²) in [6.07, 6.45) is 2.36. The van der Waals surface area contributed by atoms with Crippen LogP contribution in [0, 0.1) is 0 Å². The van der Waals surface area contributed by atoms with Gasteiger partial charge >= 0.3 is 0 Å². The fourth-order valence-corrected chi connectivity index (χ4v) is 1.77. The van der Waals surface area contributed by atoms with Gasteiger partial charge in [0, 0.05) is 12.0 Å². The predicted molar refractivity (Wildman–Crippen MR) is 58.3 cm³/mol. The summed E-state index contributed by atoms with van der Waals surface area (Å²) in [5, 5.41) is 10.3. The second-order valence-electron chi connectivity index (χ2n) is 3.58. The van der Waals surface area contributed by atoms with Crippen LogP contribution in [0.25, 0.3) is 5.57 Å². The number of ether oxygens (including phenoxy) is 1. The van der Waals surface area contributed by atoms with Gasteiger partial charge in [-0.2, -0.15) is 15.4 Å². The number of para-hydroxylation sites is 1. The highest BCUT2D eigenvalue weighted by Gasteiger charge is 2.20. The van der Waals surface area contributed by atoms with Crippen molar-refractivity contribution in [1.82, 2.24) is 15.4 Å². The Hall–Kier alpha value is -2.30. The van der Waals surface area contributed by atoms with Crippen molar-refractivity contribution < 1.29 is 4.74 Å². The Morgan fingerprint density at radius 2 is 2.19 bits per heavy atom. The molecule has 3 N–H and O–H groups in total. The standard InChI is InChI=1S/C11H10N4O/c12-11-8(9-6-13-15-14-9)5-7-3-1-2-4-10(7)16-11/h1-4,6H,5,12H2,(H,13,14,15). The highest BCUT2D eigenvalue weighted by molar-refractivity contribution is 5.69. The summed E-state index contributed by atoms with van der Waals surface area (Å²) in [7, 11) is 0. The van der Waals surface area contributed by atoms with Crippen LogP contribution in [-0.2, 0) is 6.42 Å². The number of hydrogen-bond donors (Lipinski definition) is 2. The van der Waals surface area contributed by atoms with E-state index in [1.807, 2.05) is 24.3 Å². The van der Waals surface area contributed by atoms with Gasteiger partial charge in [0.05, 0.1) is 6.20 Å². The van der Waals surface area contributed by atoms with E-state index in [0.29, 0.717) is 12.3 Å². The monoisotopic (exact) mass is 214 g/mol. The quantitative estimate of drug-likeness (QED) is 0.744. The molecule has 0 saturated heterocycles. The number of rotatable bonds is 1. The lowest BCUT2D eigenvalue weighted by molar-refractivity contribution is 0.409. The molecule has 5 nitrogen and oxygen atoms in total. The number of aromatic nitrogens is 3. The van der Waals surface area contributed by atoms with Crippen LogP contribution in [0.15, 0.2) is 36.3 Å². The van der Waals surface area contributed by atoms with Crippen molar-refractivity contribution in [2.75, 3.05) is 0 Å². The number of nitrogens with one attached hydrogen (secondary N) is 1. The number of nitrogens with zero attached hydrogens (tertiary/aromatic N) is 2. The minimum Gasteiger partial charge on any atom is -0.441 e. The highest BCUT2D eigenvalue weighted by atomic mass is 16.5. The number of benzene rings is 1. The molecule has 0 spiro atoms. The molecule has 0 radical (unpaired) electrons. The average molecular weight is 214 g/mol. The van der Waals surface area contributed by atoms with Crippen LogP contribution in [0.2, 0.25) is 0 Å². The molecule has 0 aliphatic carbocycles. The summed E-state index contributed by atoms with van der Waals surface area (Å²) in [5.74, 6) is 1.21. The van der Waals surface area contributed by atoms with Crippen molar-refractivity contribution in [1.29, 1.82) is 0 Å². The summed E-state index contributed by atoms with van der Waals surface area (Å²) in [5.41, 5.74) is 8.56. The van der Waals surface area contributed by atoms with Gasteiger partial charge in [-0.25, -0.2) is 0 Å². The second-order valence-corrected chi connectivity index (χ2v) is 3.58. The smallest absolute Gasteiger partial charge is 0.196 e. The highest BCUT2D eigenvalue weighted by Crippen LogP contribution is 2.31. The lowest BCUT2D eigenvalue weighted by atomic mass is 10.0. The number of allylic oxidation sites excluding steroid dienone is 1. The second kappa shape index (κ2) is 3.37. The van der Waals surface area contributed by atoms with Crippen LogP contribution < -0.4 is 10.5 Å². The summed E-state index contributed by atoms with van der Waals surface area (Å²) in [6.45, 7) is 0. The first-order valence-corrected chi connectivity index (χ1v) is 4.95. The Balaban J connectivity index is 2.04. The lowest BCUT2D eigenvalue weighted by Gasteiger charge is -2.19. The molecule has 2 aromatic rings. The molecule has 1 aliphatic rings. The Labute approximate surface area is 91.9 Å². The van der Waals surface area contributed by atoms with E-state index in [2.05, 4.69) is 15.4 Å². The van der Waals surface area contributed by atoms with Gasteiger partial charge in [0.15, 0.2) is 5.88 Å². The zero-order valence-corrected chi connectivity index (χ0v) is 8.47. The fourth-order valence-electron chi connectivity index (χ4n) is 1.77. The minimum atomic E-state index is 0.396. The van der Waals surface area contributed by atoms with Crippen LogP contribution in [0.5, 0.6) is 5.75 Å². The van der Waals surface area contributed by atoms with Crippen molar-refractivity contribution in [3.63, 3.8) is 0 Å². The van der Waals surface area contributed by atoms with Crippen LogP contribution in [0.3, 0.4) is 0 Å². The Morgan fingerprint density at radius 1 is 1.31 bits per heavy atom. The van der Waals surface area contributed by atoms with Gasteiger partial charge < -0.3 is 10.5 Å². The van der Waals surface area contributed by atoms with Crippen LogP contribution in [-0.4, -0.2) is 15.4 Å². The molecular weight excluding hydrogens is 204 g/mol. The van der Waals surface area contributed by atoms with Crippen molar-refractivity contribution in [3.05, 3.63) is 47.6 Å². The summed E-state index contributed by atoms with van der Waals surface area (Å²) < 4.78 is 5.54. The molecule has 0 amide bonds. The number of H-pyrrole nitrogens is 1. The number of fused-ring (bicyclic) bond motifs is 1. The summed E-state index contributed by atoms with van der Waals surface area (Å²) >= 11 is 0. The molecule has 0 bridgehead atoms. The molecule has 2 heterocycles. The Kier molecular flexibility index (Phi) is 1.89. The molecule has 5 heteroatoms. The van der Waals surface area contributed by atoms with Crippen molar-refractivity contribution in [2.24, 2.45) is 5.73 Å². The molecule has 80 valence electrons. The maximum Gasteiger partial charge on any atom is 0.196 e. The van der Waals surface area contributed by atoms with E-state index in [0.717, 1.165) is 22.6 Å². The average Bonchev–Trinajstić information content (AvgIpc) is 2.81. The molecule has 3 rings (SSSR count).